The van der Waals surface area contributed by atoms with Crippen molar-refractivity contribution in [3.05, 3.63) is 198 Å². The van der Waals surface area contributed by atoms with Crippen LogP contribution in [0.3, 0.4) is 0 Å². The van der Waals surface area contributed by atoms with Gasteiger partial charge in [-0.15, -0.1) is 0 Å². The molecule has 2 nitrogen and oxygen atoms in total. The minimum absolute atomic E-state index is 0.0935. The first-order chi connectivity index (χ1) is 27.3. The van der Waals surface area contributed by atoms with Crippen molar-refractivity contribution in [2.75, 3.05) is 4.90 Å². The molecule has 0 aliphatic heterocycles. The zero-order chi connectivity index (χ0) is 37.8. The normalized spacial score (nSPS) is 14.4. The SMILES string of the molecule is CC1(C)c2ccccc2-c2ccc(N(c3cccc(-c4cccc5oc6ccccc6c45)c3)c3ccccc3-c3cccc4c3-c3ccccc3C4(C)C)cc21. The van der Waals surface area contributed by atoms with Gasteiger partial charge in [0.25, 0.3) is 0 Å². The first-order valence-electron chi connectivity index (χ1n) is 19.7. The van der Waals surface area contributed by atoms with Crippen LogP contribution in [0.25, 0.3) is 66.4 Å². The number of para-hydroxylation sites is 2. The van der Waals surface area contributed by atoms with Gasteiger partial charge in [0.15, 0.2) is 0 Å². The number of fused-ring (bicyclic) bond motifs is 9. The molecule has 0 atom stereocenters. The first-order valence-corrected chi connectivity index (χ1v) is 19.7. The van der Waals surface area contributed by atoms with Crippen LogP contribution in [0, 0.1) is 0 Å². The molecule has 1 aromatic heterocycles. The van der Waals surface area contributed by atoms with Crippen LogP contribution < -0.4 is 4.90 Å². The summed E-state index contributed by atoms with van der Waals surface area (Å²) in [6, 6.07) is 64.6. The second-order valence-corrected chi connectivity index (χ2v) is 16.5. The van der Waals surface area contributed by atoms with Crippen molar-refractivity contribution in [1.82, 2.24) is 0 Å². The molecule has 1 heterocycles. The van der Waals surface area contributed by atoms with E-state index in [0.717, 1.165) is 50.1 Å². The molecule has 0 unspecified atom stereocenters. The zero-order valence-corrected chi connectivity index (χ0v) is 32.1. The standard InChI is InChI=1S/C54H41NO/c1-53(2)45-25-10-6-20-42(45)51-41(23-14-26-46(51)53)40-19-7-11-27-48(40)55(36-30-31-39-38-18-5-9-24-44(38)54(3,4)47(39)33-36)35-17-13-16-34(32-35)37-22-15-29-50-52(37)43-21-8-12-28-49(43)56-50/h5-33H,1-4H3. The summed E-state index contributed by atoms with van der Waals surface area (Å²) in [5.74, 6) is 0. The highest BCUT2D eigenvalue weighted by atomic mass is 16.3. The van der Waals surface area contributed by atoms with Gasteiger partial charge >= 0.3 is 0 Å². The molecule has 0 amide bonds. The molecule has 268 valence electrons. The Bertz CT molecular complexity index is 3050. The minimum atomic E-state index is -0.136. The molecule has 2 heteroatoms. The predicted molar refractivity (Wildman–Crippen MR) is 234 cm³/mol. The van der Waals surface area contributed by atoms with Crippen molar-refractivity contribution in [2.45, 2.75) is 38.5 Å². The van der Waals surface area contributed by atoms with Gasteiger partial charge in [0.2, 0.25) is 0 Å². The zero-order valence-electron chi connectivity index (χ0n) is 32.1. The molecule has 11 rings (SSSR count). The predicted octanol–water partition coefficient (Wildman–Crippen LogP) is 15.0. The highest BCUT2D eigenvalue weighted by molar-refractivity contribution is 6.12. The molecule has 0 fully saturated rings. The van der Waals surface area contributed by atoms with Gasteiger partial charge in [-0.25, -0.2) is 0 Å². The summed E-state index contributed by atoms with van der Waals surface area (Å²) in [7, 11) is 0. The van der Waals surface area contributed by atoms with Gasteiger partial charge < -0.3 is 9.32 Å². The Hall–Kier alpha value is -6.64. The van der Waals surface area contributed by atoms with E-state index in [1.807, 2.05) is 6.07 Å². The van der Waals surface area contributed by atoms with Gasteiger partial charge in [0.05, 0.1) is 5.69 Å². The molecule has 2 aliphatic rings. The van der Waals surface area contributed by atoms with E-state index in [0.29, 0.717) is 0 Å². The molecule has 0 radical (unpaired) electrons. The maximum Gasteiger partial charge on any atom is 0.136 e. The van der Waals surface area contributed by atoms with Crippen LogP contribution in [-0.4, -0.2) is 0 Å². The van der Waals surface area contributed by atoms with Gasteiger partial charge in [-0.1, -0.05) is 161 Å². The van der Waals surface area contributed by atoms with Crippen LogP contribution in [0.5, 0.6) is 0 Å². The summed E-state index contributed by atoms with van der Waals surface area (Å²) in [5.41, 5.74) is 20.5. The Morgan fingerprint density at radius 1 is 0.393 bits per heavy atom. The van der Waals surface area contributed by atoms with E-state index in [-0.39, 0.29) is 10.8 Å². The lowest BCUT2D eigenvalue weighted by Crippen LogP contribution is -2.17. The number of nitrogens with zero attached hydrogens (tertiary/aromatic N) is 1. The average molecular weight is 720 g/mol. The molecular weight excluding hydrogens is 679 g/mol. The largest absolute Gasteiger partial charge is 0.456 e. The molecule has 8 aromatic carbocycles. The maximum atomic E-state index is 6.35. The fraction of sp³-hybridized carbons (Fsp3) is 0.111. The van der Waals surface area contributed by atoms with Crippen LogP contribution in [-0.2, 0) is 10.8 Å². The van der Waals surface area contributed by atoms with E-state index < -0.39 is 0 Å². The molecular formula is C54H41NO. The summed E-state index contributed by atoms with van der Waals surface area (Å²) < 4.78 is 6.35. The Morgan fingerprint density at radius 3 is 1.82 bits per heavy atom. The minimum Gasteiger partial charge on any atom is -0.456 e. The highest BCUT2D eigenvalue weighted by Crippen LogP contribution is 2.55. The Morgan fingerprint density at radius 2 is 0.964 bits per heavy atom. The van der Waals surface area contributed by atoms with Crippen LogP contribution in [0.4, 0.5) is 17.1 Å². The fourth-order valence-corrected chi connectivity index (χ4v) is 9.96. The topological polar surface area (TPSA) is 16.4 Å². The third-order valence-electron chi connectivity index (χ3n) is 12.7. The molecule has 0 bridgehead atoms. The maximum absolute atomic E-state index is 6.35. The van der Waals surface area contributed by atoms with Crippen molar-refractivity contribution in [3.8, 4) is 44.5 Å². The average Bonchev–Trinajstić information content (AvgIpc) is 3.81. The molecule has 0 N–H and O–H groups in total. The molecule has 56 heavy (non-hydrogen) atoms. The fourth-order valence-electron chi connectivity index (χ4n) is 9.96. The molecule has 9 aromatic rings. The smallest absolute Gasteiger partial charge is 0.136 e. The third-order valence-corrected chi connectivity index (χ3v) is 12.7. The van der Waals surface area contributed by atoms with E-state index in [4.69, 9.17) is 4.42 Å². The van der Waals surface area contributed by atoms with Crippen LogP contribution >= 0.6 is 0 Å². The van der Waals surface area contributed by atoms with E-state index >= 15 is 0 Å². The lowest BCUT2D eigenvalue weighted by Gasteiger charge is -2.30. The summed E-state index contributed by atoms with van der Waals surface area (Å²) in [4.78, 5) is 2.48. The Balaban J connectivity index is 1.16. The second kappa shape index (κ2) is 11.9. The van der Waals surface area contributed by atoms with E-state index in [1.54, 1.807) is 0 Å². The molecule has 0 saturated carbocycles. The number of hydrogen-bond donors (Lipinski definition) is 0. The van der Waals surface area contributed by atoms with E-state index in [2.05, 4.69) is 202 Å². The molecule has 0 saturated heterocycles. The quantitative estimate of drug-likeness (QED) is 0.176. The number of anilines is 3. The third kappa shape index (κ3) is 4.62. The number of furan rings is 1. The summed E-state index contributed by atoms with van der Waals surface area (Å²) in [6.45, 7) is 9.45. The van der Waals surface area contributed by atoms with Gasteiger partial charge in [-0.2, -0.15) is 0 Å². The van der Waals surface area contributed by atoms with Crippen molar-refractivity contribution >= 4 is 39.0 Å². The lowest BCUT2D eigenvalue weighted by atomic mass is 9.82. The van der Waals surface area contributed by atoms with Gasteiger partial charge in [0, 0.05) is 38.5 Å². The first kappa shape index (κ1) is 32.8. The molecule has 0 spiro atoms. The van der Waals surface area contributed by atoms with Crippen molar-refractivity contribution < 1.29 is 4.42 Å². The Labute approximate surface area is 328 Å². The molecule has 2 aliphatic carbocycles. The van der Waals surface area contributed by atoms with Crippen LogP contribution in [0.1, 0.15) is 49.9 Å². The van der Waals surface area contributed by atoms with Gasteiger partial charge in [0.1, 0.15) is 11.2 Å². The van der Waals surface area contributed by atoms with Crippen molar-refractivity contribution in [2.24, 2.45) is 0 Å². The van der Waals surface area contributed by atoms with E-state index in [1.165, 1.54) is 55.6 Å². The summed E-state index contributed by atoms with van der Waals surface area (Å²) >= 11 is 0. The van der Waals surface area contributed by atoms with Crippen LogP contribution in [0.15, 0.2) is 180 Å². The van der Waals surface area contributed by atoms with E-state index in [9.17, 15) is 0 Å². The monoisotopic (exact) mass is 719 g/mol. The summed E-state index contributed by atoms with van der Waals surface area (Å²) in [5, 5.41) is 2.28. The van der Waals surface area contributed by atoms with Crippen molar-refractivity contribution in [1.29, 1.82) is 0 Å². The number of benzene rings is 8. The Kier molecular flexibility index (Phi) is 6.98. The van der Waals surface area contributed by atoms with Gasteiger partial charge in [-0.05, 0) is 104 Å². The van der Waals surface area contributed by atoms with Crippen LogP contribution in [0.2, 0.25) is 0 Å². The number of rotatable bonds is 5. The van der Waals surface area contributed by atoms with Gasteiger partial charge in [-0.3, -0.25) is 0 Å². The van der Waals surface area contributed by atoms with Crippen molar-refractivity contribution in [3.63, 3.8) is 0 Å². The number of hydrogen-bond acceptors (Lipinski definition) is 2. The summed E-state index contributed by atoms with van der Waals surface area (Å²) in [6.07, 6.45) is 0. The highest BCUT2D eigenvalue weighted by Gasteiger charge is 2.38. The lowest BCUT2D eigenvalue weighted by molar-refractivity contribution is 0.660. The second-order valence-electron chi connectivity index (χ2n) is 16.5.